The normalized spacial score (nSPS) is 8.85. The molecule has 0 rings (SSSR count). The van der Waals surface area contributed by atoms with E-state index in [0.717, 1.165) is 0 Å². The van der Waals surface area contributed by atoms with Crippen LogP contribution in [0.3, 0.4) is 0 Å². The quantitative estimate of drug-likeness (QED) is 0.0861. The molecule has 0 aliphatic heterocycles. The third kappa shape index (κ3) is 46.0. The standard InChI is InChI=1S/C8H15N3O3.C7H13N3O3.C5H10N2O2.C3H6O2/c1-6(12)3-10-8(14)5-11-7(13)4-9-2;1-5(11)3-9-7(13)4-10-6(12)2-8;1-4(8)3-7-5(9)2-6;1-2-3(4)5/h9H,3-5H2,1-2H3,(H,10,14)(H,11,13);2-4,8H2,1H3,(H,9,13)(H,10,12);2-3,6H2,1H3,(H,7,9);2H2,1H3,(H,4,5). The number of hydrogen-bond acceptors (Lipinski definition) is 12. The van der Waals surface area contributed by atoms with Crippen LogP contribution >= 0.6 is 0 Å². The molecule has 11 N–H and O–H groups in total. The van der Waals surface area contributed by atoms with Gasteiger partial charge in [0.05, 0.1) is 52.4 Å². The van der Waals surface area contributed by atoms with Crippen LogP contribution in [0.2, 0.25) is 0 Å². The van der Waals surface area contributed by atoms with Crippen LogP contribution < -0.4 is 43.4 Å². The number of carboxylic acids is 1. The summed E-state index contributed by atoms with van der Waals surface area (Å²) in [5.41, 5.74) is 9.92. The van der Waals surface area contributed by atoms with Gasteiger partial charge in [-0.25, -0.2) is 0 Å². The molecule has 0 spiro atoms. The molecule has 0 unspecified atom stereocenters. The second-order valence-corrected chi connectivity index (χ2v) is 7.68. The first-order valence-corrected chi connectivity index (χ1v) is 12.1. The zero-order valence-electron chi connectivity index (χ0n) is 24.1. The summed E-state index contributed by atoms with van der Waals surface area (Å²) in [6.45, 7) is 5.50. The maximum absolute atomic E-state index is 11.0. The SMILES string of the molecule is CC(=O)CNC(=O)CN.CC(=O)CNC(=O)CNC(=O)CN.CCC(=O)O.CNCC(=O)NCC(=O)NCC(C)=O. The lowest BCUT2D eigenvalue weighted by atomic mass is 10.4. The Morgan fingerprint density at radius 1 is 0.512 bits per heavy atom. The maximum atomic E-state index is 11.0. The molecule has 0 aromatic rings. The molecule has 0 aliphatic rings. The number of carbonyl (C=O) groups excluding carboxylic acids is 8. The molecule has 236 valence electrons. The van der Waals surface area contributed by atoms with Gasteiger partial charge in [0.25, 0.3) is 0 Å². The smallest absolute Gasteiger partial charge is 0.303 e. The highest BCUT2D eigenvalue weighted by Crippen LogP contribution is 1.70. The highest BCUT2D eigenvalue weighted by atomic mass is 16.4. The number of amides is 5. The lowest BCUT2D eigenvalue weighted by molar-refractivity contribution is -0.136. The van der Waals surface area contributed by atoms with Gasteiger partial charge in [-0.15, -0.1) is 0 Å². The zero-order chi connectivity index (χ0) is 32.8. The third-order valence-electron chi connectivity index (χ3n) is 3.51. The number of hydrogen-bond donors (Lipinski definition) is 9. The molecule has 0 heterocycles. The fourth-order valence-electron chi connectivity index (χ4n) is 1.52. The summed E-state index contributed by atoms with van der Waals surface area (Å²) in [7, 11) is 1.63. The van der Waals surface area contributed by atoms with E-state index in [2.05, 4.69) is 31.9 Å². The number of nitrogens with two attached hydrogens (primary N) is 2. The summed E-state index contributed by atoms with van der Waals surface area (Å²) in [6, 6.07) is 0. The van der Waals surface area contributed by atoms with Crippen molar-refractivity contribution >= 4 is 52.9 Å². The van der Waals surface area contributed by atoms with E-state index < -0.39 is 17.8 Å². The van der Waals surface area contributed by atoms with E-state index in [1.54, 1.807) is 14.0 Å². The van der Waals surface area contributed by atoms with E-state index in [-0.39, 0.29) is 93.9 Å². The summed E-state index contributed by atoms with van der Waals surface area (Å²) in [6.07, 6.45) is 0.222. The van der Waals surface area contributed by atoms with Gasteiger partial charge >= 0.3 is 5.97 Å². The Morgan fingerprint density at radius 2 is 0.756 bits per heavy atom. The number of rotatable bonds is 15. The van der Waals surface area contributed by atoms with E-state index >= 15 is 0 Å². The summed E-state index contributed by atoms with van der Waals surface area (Å²) < 4.78 is 0. The molecule has 0 aromatic carbocycles. The van der Waals surface area contributed by atoms with E-state index in [1.165, 1.54) is 20.8 Å². The first-order chi connectivity index (χ1) is 19.0. The van der Waals surface area contributed by atoms with E-state index in [9.17, 15) is 43.2 Å². The molecule has 0 radical (unpaired) electrons. The van der Waals surface area contributed by atoms with Crippen molar-refractivity contribution in [1.29, 1.82) is 0 Å². The summed E-state index contributed by atoms with van der Waals surface area (Å²) in [5, 5.41) is 22.0. The van der Waals surface area contributed by atoms with Crippen LogP contribution in [0, 0.1) is 0 Å². The van der Waals surface area contributed by atoms with Crippen LogP contribution in [0.1, 0.15) is 34.1 Å². The molecule has 0 atom stereocenters. The summed E-state index contributed by atoms with van der Waals surface area (Å²) in [5.74, 6) is -2.82. The minimum atomic E-state index is -0.745. The second-order valence-electron chi connectivity index (χ2n) is 7.68. The molecular formula is C23H44N8O10. The molecule has 18 heteroatoms. The molecular weight excluding hydrogens is 548 g/mol. The van der Waals surface area contributed by atoms with Crippen molar-refractivity contribution in [2.45, 2.75) is 34.1 Å². The van der Waals surface area contributed by atoms with Gasteiger partial charge in [0.1, 0.15) is 17.3 Å². The Balaban J connectivity index is -0.000000235. The number of nitrogens with one attached hydrogen (secondary N) is 6. The van der Waals surface area contributed by atoms with Gasteiger partial charge in [-0.3, -0.25) is 43.2 Å². The van der Waals surface area contributed by atoms with Gasteiger partial charge in [0.2, 0.25) is 29.5 Å². The minimum absolute atomic E-state index is 0.000726. The topological polar surface area (TPSA) is 298 Å². The van der Waals surface area contributed by atoms with Gasteiger partial charge in [-0.05, 0) is 27.8 Å². The zero-order valence-corrected chi connectivity index (χ0v) is 24.1. The van der Waals surface area contributed by atoms with Crippen molar-refractivity contribution < 1.29 is 48.3 Å². The summed E-state index contributed by atoms with van der Waals surface area (Å²) >= 11 is 0. The molecule has 0 aliphatic carbocycles. The van der Waals surface area contributed by atoms with Gasteiger partial charge in [0.15, 0.2) is 0 Å². The number of carboxylic acid groups (broad SMARTS) is 1. The number of ketones is 3. The maximum Gasteiger partial charge on any atom is 0.303 e. The Kier molecular flexibility index (Phi) is 32.3. The lowest BCUT2D eigenvalue weighted by Crippen LogP contribution is -2.41. The van der Waals surface area contributed by atoms with E-state index in [0.29, 0.717) is 0 Å². The van der Waals surface area contributed by atoms with Crippen molar-refractivity contribution in [2.75, 3.05) is 59.4 Å². The van der Waals surface area contributed by atoms with Crippen molar-refractivity contribution in [1.82, 2.24) is 31.9 Å². The van der Waals surface area contributed by atoms with Crippen LogP contribution in [0.15, 0.2) is 0 Å². The van der Waals surface area contributed by atoms with E-state index in [4.69, 9.17) is 16.6 Å². The number of carbonyl (C=O) groups is 9. The van der Waals surface area contributed by atoms with Gasteiger partial charge in [0, 0.05) is 6.42 Å². The first kappa shape index (κ1) is 43.8. The minimum Gasteiger partial charge on any atom is -0.481 e. The highest BCUT2D eigenvalue weighted by Gasteiger charge is 2.05. The molecule has 0 bridgehead atoms. The Morgan fingerprint density at radius 3 is 1.00 bits per heavy atom. The molecule has 0 saturated carbocycles. The largest absolute Gasteiger partial charge is 0.481 e. The Hall–Kier alpha value is -4.29. The number of likely N-dealkylation sites (N-methyl/N-ethyl adjacent to an activating group) is 1. The van der Waals surface area contributed by atoms with Crippen LogP contribution in [0.25, 0.3) is 0 Å². The Labute approximate surface area is 238 Å². The van der Waals surface area contributed by atoms with Crippen molar-refractivity contribution in [3.8, 4) is 0 Å². The van der Waals surface area contributed by atoms with Gasteiger partial charge in [-0.2, -0.15) is 0 Å². The van der Waals surface area contributed by atoms with Crippen molar-refractivity contribution in [3.63, 3.8) is 0 Å². The molecule has 41 heavy (non-hydrogen) atoms. The van der Waals surface area contributed by atoms with Crippen LogP contribution in [-0.2, 0) is 43.2 Å². The fraction of sp³-hybridized carbons (Fsp3) is 0.609. The monoisotopic (exact) mass is 592 g/mol. The Bertz CT molecular complexity index is 865. The van der Waals surface area contributed by atoms with Crippen molar-refractivity contribution in [2.24, 2.45) is 11.5 Å². The second kappa shape index (κ2) is 30.3. The highest BCUT2D eigenvalue weighted by molar-refractivity contribution is 5.89. The predicted octanol–water partition coefficient (Wildman–Crippen LogP) is -5.08. The number of Topliss-reactive ketones (excluding diaryl/α,β-unsaturated/α-hetero) is 3. The number of aliphatic carboxylic acids is 1. The lowest BCUT2D eigenvalue weighted by Gasteiger charge is -2.04. The average Bonchev–Trinajstić information content (AvgIpc) is 2.92. The molecule has 0 saturated heterocycles. The average molecular weight is 593 g/mol. The molecule has 5 amide bonds. The third-order valence-corrected chi connectivity index (χ3v) is 3.51. The molecule has 0 fully saturated rings. The van der Waals surface area contributed by atoms with Crippen LogP contribution in [0.5, 0.6) is 0 Å². The first-order valence-electron chi connectivity index (χ1n) is 12.1. The van der Waals surface area contributed by atoms with Crippen LogP contribution in [-0.4, -0.2) is 117 Å². The molecule has 0 aromatic heterocycles. The fourth-order valence-corrected chi connectivity index (χ4v) is 1.52. The molecule has 18 nitrogen and oxygen atoms in total. The van der Waals surface area contributed by atoms with E-state index in [1.807, 2.05) is 0 Å². The summed E-state index contributed by atoms with van der Waals surface area (Å²) in [4.78, 5) is 94.0. The van der Waals surface area contributed by atoms with Crippen LogP contribution in [0.4, 0.5) is 0 Å². The van der Waals surface area contributed by atoms with Gasteiger partial charge in [-0.1, -0.05) is 6.92 Å². The van der Waals surface area contributed by atoms with Gasteiger partial charge < -0.3 is 48.5 Å². The predicted molar refractivity (Wildman–Crippen MR) is 147 cm³/mol. The van der Waals surface area contributed by atoms with Crippen molar-refractivity contribution in [3.05, 3.63) is 0 Å².